The Morgan fingerprint density at radius 1 is 1.38 bits per heavy atom. The number of hydrogen-bond donors (Lipinski definition) is 1. The van der Waals surface area contributed by atoms with Crippen LogP contribution in [-0.2, 0) is 14.3 Å². The standard InChI is InChI=1S/C16H32N2O3/c1-5-18(12-13-20-4)11-9-14-8-7-10-16(14,17-3)15(19)21-6-2/h14,17H,5-13H2,1-4H3. The number of rotatable bonds is 10. The van der Waals surface area contributed by atoms with E-state index in [-0.39, 0.29) is 5.97 Å². The molecule has 21 heavy (non-hydrogen) atoms. The second-order valence-electron chi connectivity index (χ2n) is 5.75. The van der Waals surface area contributed by atoms with Gasteiger partial charge < -0.3 is 19.7 Å². The Balaban J connectivity index is 2.60. The Bertz CT molecular complexity index is 312. The lowest BCUT2D eigenvalue weighted by Gasteiger charge is -2.34. The quantitative estimate of drug-likeness (QED) is 0.622. The number of carbonyl (C=O) groups excluding carboxylic acids is 1. The highest BCUT2D eigenvalue weighted by molar-refractivity contribution is 5.81. The Kier molecular flexibility index (Phi) is 8.22. The van der Waals surface area contributed by atoms with Crippen LogP contribution in [-0.4, -0.2) is 63.4 Å². The molecular weight excluding hydrogens is 268 g/mol. The van der Waals surface area contributed by atoms with E-state index in [9.17, 15) is 4.79 Å². The van der Waals surface area contributed by atoms with E-state index in [1.807, 2.05) is 14.0 Å². The van der Waals surface area contributed by atoms with E-state index in [0.29, 0.717) is 12.5 Å². The highest BCUT2D eigenvalue weighted by atomic mass is 16.5. The molecule has 0 amide bonds. The molecule has 124 valence electrons. The Morgan fingerprint density at radius 2 is 2.14 bits per heavy atom. The molecule has 1 aliphatic carbocycles. The average Bonchev–Trinajstić information content (AvgIpc) is 2.92. The third-order valence-corrected chi connectivity index (χ3v) is 4.76. The van der Waals surface area contributed by atoms with E-state index in [1.165, 1.54) is 0 Å². The summed E-state index contributed by atoms with van der Waals surface area (Å²) in [5.74, 6) is 0.285. The van der Waals surface area contributed by atoms with Crippen molar-refractivity contribution in [3.63, 3.8) is 0 Å². The number of nitrogens with zero attached hydrogens (tertiary/aromatic N) is 1. The zero-order chi connectivity index (χ0) is 15.7. The van der Waals surface area contributed by atoms with Crippen molar-refractivity contribution in [2.75, 3.05) is 47.0 Å². The lowest BCUT2D eigenvalue weighted by molar-refractivity contribution is -0.153. The molecule has 0 saturated heterocycles. The van der Waals surface area contributed by atoms with E-state index >= 15 is 0 Å². The van der Waals surface area contributed by atoms with Crippen LogP contribution in [0.4, 0.5) is 0 Å². The molecule has 0 bridgehead atoms. The second kappa shape index (κ2) is 9.38. The fraction of sp³-hybridized carbons (Fsp3) is 0.938. The van der Waals surface area contributed by atoms with Gasteiger partial charge in [0.05, 0.1) is 13.2 Å². The molecule has 2 atom stereocenters. The maximum atomic E-state index is 12.4. The van der Waals surface area contributed by atoms with Crippen molar-refractivity contribution in [3.05, 3.63) is 0 Å². The van der Waals surface area contributed by atoms with E-state index in [1.54, 1.807) is 7.11 Å². The van der Waals surface area contributed by atoms with Crippen LogP contribution in [0.15, 0.2) is 0 Å². The molecule has 1 saturated carbocycles. The number of likely N-dealkylation sites (N-methyl/N-ethyl adjacent to an activating group) is 2. The first-order valence-corrected chi connectivity index (χ1v) is 8.22. The maximum absolute atomic E-state index is 12.4. The predicted molar refractivity (Wildman–Crippen MR) is 84.4 cm³/mol. The lowest BCUT2D eigenvalue weighted by Crippen LogP contribution is -2.54. The van der Waals surface area contributed by atoms with Crippen molar-refractivity contribution in [3.8, 4) is 0 Å². The molecule has 1 N–H and O–H groups in total. The fourth-order valence-electron chi connectivity index (χ4n) is 3.42. The molecule has 0 radical (unpaired) electrons. The number of hydrogen-bond acceptors (Lipinski definition) is 5. The number of esters is 1. The van der Waals surface area contributed by atoms with Crippen LogP contribution in [0.25, 0.3) is 0 Å². The van der Waals surface area contributed by atoms with Gasteiger partial charge in [-0.15, -0.1) is 0 Å². The van der Waals surface area contributed by atoms with Crippen molar-refractivity contribution in [2.24, 2.45) is 5.92 Å². The van der Waals surface area contributed by atoms with Crippen molar-refractivity contribution >= 4 is 5.97 Å². The van der Waals surface area contributed by atoms with Crippen molar-refractivity contribution in [1.82, 2.24) is 10.2 Å². The zero-order valence-electron chi connectivity index (χ0n) is 14.1. The smallest absolute Gasteiger partial charge is 0.326 e. The minimum atomic E-state index is -0.476. The SMILES string of the molecule is CCOC(=O)C1(NC)CCCC1CCN(CC)CCOC. The van der Waals surface area contributed by atoms with E-state index in [4.69, 9.17) is 9.47 Å². The highest BCUT2D eigenvalue weighted by Crippen LogP contribution is 2.38. The van der Waals surface area contributed by atoms with Gasteiger partial charge in [0.25, 0.3) is 0 Å². The summed E-state index contributed by atoms with van der Waals surface area (Å²) in [6.45, 7) is 8.22. The van der Waals surface area contributed by atoms with Crippen LogP contribution < -0.4 is 5.32 Å². The number of carbonyl (C=O) groups is 1. The number of nitrogens with one attached hydrogen (secondary N) is 1. The topological polar surface area (TPSA) is 50.8 Å². The van der Waals surface area contributed by atoms with Crippen molar-refractivity contribution < 1.29 is 14.3 Å². The van der Waals surface area contributed by atoms with Gasteiger partial charge in [-0.25, -0.2) is 0 Å². The summed E-state index contributed by atoms with van der Waals surface area (Å²) in [4.78, 5) is 14.8. The number of ether oxygens (including phenoxy) is 2. The Labute approximate surface area is 129 Å². The third kappa shape index (κ3) is 4.66. The van der Waals surface area contributed by atoms with Gasteiger partial charge in [-0.1, -0.05) is 13.3 Å². The van der Waals surface area contributed by atoms with Crippen LogP contribution in [0.1, 0.15) is 39.5 Å². The first-order valence-electron chi connectivity index (χ1n) is 8.22. The minimum Gasteiger partial charge on any atom is -0.465 e. The fourth-order valence-corrected chi connectivity index (χ4v) is 3.42. The first kappa shape index (κ1) is 18.4. The summed E-state index contributed by atoms with van der Waals surface area (Å²) in [7, 11) is 3.62. The van der Waals surface area contributed by atoms with Gasteiger partial charge in [0.2, 0.25) is 0 Å². The molecule has 0 spiro atoms. The van der Waals surface area contributed by atoms with E-state index in [2.05, 4.69) is 17.1 Å². The van der Waals surface area contributed by atoms with Gasteiger partial charge in [0.1, 0.15) is 5.54 Å². The van der Waals surface area contributed by atoms with Gasteiger partial charge in [-0.05, 0) is 52.2 Å². The zero-order valence-corrected chi connectivity index (χ0v) is 14.1. The van der Waals surface area contributed by atoms with Gasteiger partial charge in [-0.3, -0.25) is 4.79 Å². The van der Waals surface area contributed by atoms with Crippen molar-refractivity contribution in [2.45, 2.75) is 45.1 Å². The van der Waals surface area contributed by atoms with Crippen LogP contribution in [0, 0.1) is 5.92 Å². The third-order valence-electron chi connectivity index (χ3n) is 4.76. The predicted octanol–water partition coefficient (Wildman–Crippen LogP) is 1.67. The summed E-state index contributed by atoms with van der Waals surface area (Å²) in [5.41, 5.74) is -0.476. The average molecular weight is 300 g/mol. The first-order chi connectivity index (χ1) is 10.1. The van der Waals surface area contributed by atoms with E-state index in [0.717, 1.165) is 51.9 Å². The van der Waals surface area contributed by atoms with Gasteiger partial charge >= 0.3 is 5.97 Å². The van der Waals surface area contributed by atoms with Crippen LogP contribution in [0.5, 0.6) is 0 Å². The molecule has 0 aliphatic heterocycles. The molecule has 1 aliphatic rings. The molecule has 0 aromatic heterocycles. The Hall–Kier alpha value is -0.650. The van der Waals surface area contributed by atoms with Crippen LogP contribution in [0.3, 0.4) is 0 Å². The molecule has 0 aromatic carbocycles. The molecule has 5 nitrogen and oxygen atoms in total. The van der Waals surface area contributed by atoms with Crippen molar-refractivity contribution in [1.29, 1.82) is 0 Å². The summed E-state index contributed by atoms with van der Waals surface area (Å²) < 4.78 is 10.5. The summed E-state index contributed by atoms with van der Waals surface area (Å²) >= 11 is 0. The molecule has 2 unspecified atom stereocenters. The normalized spacial score (nSPS) is 25.5. The van der Waals surface area contributed by atoms with Gasteiger partial charge in [-0.2, -0.15) is 0 Å². The second-order valence-corrected chi connectivity index (χ2v) is 5.75. The molecule has 0 heterocycles. The lowest BCUT2D eigenvalue weighted by atomic mass is 9.84. The summed E-state index contributed by atoms with van der Waals surface area (Å²) in [6.07, 6.45) is 4.10. The van der Waals surface area contributed by atoms with Crippen LogP contribution in [0.2, 0.25) is 0 Å². The molecule has 1 fully saturated rings. The molecule has 5 heteroatoms. The van der Waals surface area contributed by atoms with Gasteiger partial charge in [0, 0.05) is 13.7 Å². The monoisotopic (exact) mass is 300 g/mol. The molecular formula is C16H32N2O3. The maximum Gasteiger partial charge on any atom is 0.326 e. The molecule has 1 rings (SSSR count). The Morgan fingerprint density at radius 3 is 2.71 bits per heavy atom. The molecule has 0 aromatic rings. The largest absolute Gasteiger partial charge is 0.465 e. The van der Waals surface area contributed by atoms with Crippen LogP contribution >= 0.6 is 0 Å². The minimum absolute atomic E-state index is 0.0741. The number of methoxy groups -OCH3 is 1. The van der Waals surface area contributed by atoms with E-state index < -0.39 is 5.54 Å². The highest BCUT2D eigenvalue weighted by Gasteiger charge is 2.48. The summed E-state index contributed by atoms with van der Waals surface area (Å²) in [5, 5.41) is 3.28. The summed E-state index contributed by atoms with van der Waals surface area (Å²) in [6, 6.07) is 0. The van der Waals surface area contributed by atoms with Gasteiger partial charge in [0.15, 0.2) is 0 Å².